The fraction of sp³-hybridized carbons (Fsp3) is 0.562. The molecule has 1 atom stereocenters. The third kappa shape index (κ3) is 5.03. The normalized spacial score (nSPS) is 13.8. The quantitative estimate of drug-likeness (QED) is 0.530. The Balaban J connectivity index is 2.61. The van der Waals surface area contributed by atoms with Gasteiger partial charge in [-0.1, -0.05) is 50.1 Å². The zero-order chi connectivity index (χ0) is 14.1. The number of unbranched alkanes of at least 4 members (excludes halogenated alkanes) is 2. The summed E-state index contributed by atoms with van der Waals surface area (Å²) in [5.74, 6) is -0.292. The van der Waals surface area contributed by atoms with Crippen molar-refractivity contribution in [2.45, 2.75) is 51.7 Å². The zero-order valence-electron chi connectivity index (χ0n) is 12.1. The number of carbonyl (C=O) groups excluding carboxylic acids is 1. The predicted octanol–water partition coefficient (Wildman–Crippen LogP) is 3.72. The van der Waals surface area contributed by atoms with Crippen molar-refractivity contribution in [2.24, 2.45) is 0 Å². The highest BCUT2D eigenvalue weighted by Gasteiger charge is 2.34. The number of methoxy groups -OCH3 is 1. The monoisotopic (exact) mass is 264 g/mol. The van der Waals surface area contributed by atoms with E-state index in [2.05, 4.69) is 6.92 Å². The third-order valence-corrected chi connectivity index (χ3v) is 3.27. The summed E-state index contributed by atoms with van der Waals surface area (Å²) in [4.78, 5) is 11.9. The summed E-state index contributed by atoms with van der Waals surface area (Å²) in [5, 5.41) is 0. The van der Waals surface area contributed by atoms with Crippen LogP contribution in [0.1, 0.15) is 45.1 Å². The van der Waals surface area contributed by atoms with Crippen LogP contribution in [0.4, 0.5) is 0 Å². The van der Waals surface area contributed by atoms with Crippen molar-refractivity contribution in [1.82, 2.24) is 0 Å². The van der Waals surface area contributed by atoms with Gasteiger partial charge in [-0.25, -0.2) is 4.79 Å². The lowest BCUT2D eigenvalue weighted by Gasteiger charge is -2.27. The van der Waals surface area contributed by atoms with E-state index >= 15 is 0 Å². The van der Waals surface area contributed by atoms with Crippen molar-refractivity contribution in [2.75, 3.05) is 7.11 Å². The molecular weight excluding hydrogens is 240 g/mol. The third-order valence-electron chi connectivity index (χ3n) is 3.27. The van der Waals surface area contributed by atoms with Crippen LogP contribution in [-0.4, -0.2) is 18.7 Å². The molecule has 0 fully saturated rings. The maximum atomic E-state index is 11.9. The standard InChI is InChI=1S/C16H24O3/c1-4-5-9-12-16(2,15(17)18-3)19-13-14-10-7-6-8-11-14/h6-8,10-11H,4-5,9,12-13H2,1-3H3. The molecule has 3 nitrogen and oxygen atoms in total. The number of benzene rings is 1. The van der Waals surface area contributed by atoms with Gasteiger partial charge in [0.15, 0.2) is 5.60 Å². The van der Waals surface area contributed by atoms with Gasteiger partial charge in [0.05, 0.1) is 13.7 Å². The fourth-order valence-corrected chi connectivity index (χ4v) is 1.98. The second-order valence-corrected chi connectivity index (χ2v) is 4.95. The summed E-state index contributed by atoms with van der Waals surface area (Å²) in [5.41, 5.74) is 0.216. The molecular formula is C16H24O3. The van der Waals surface area contributed by atoms with Crippen LogP contribution in [0.3, 0.4) is 0 Å². The summed E-state index contributed by atoms with van der Waals surface area (Å²) < 4.78 is 10.7. The van der Waals surface area contributed by atoms with E-state index in [9.17, 15) is 4.79 Å². The molecule has 0 aromatic heterocycles. The van der Waals surface area contributed by atoms with Gasteiger partial charge < -0.3 is 9.47 Å². The number of hydrogen-bond acceptors (Lipinski definition) is 3. The van der Waals surface area contributed by atoms with Gasteiger partial charge in [-0.3, -0.25) is 0 Å². The number of ether oxygens (including phenoxy) is 2. The maximum Gasteiger partial charge on any atom is 0.337 e. The number of esters is 1. The van der Waals surface area contributed by atoms with Crippen molar-refractivity contribution in [3.63, 3.8) is 0 Å². The van der Waals surface area contributed by atoms with Crippen molar-refractivity contribution in [3.05, 3.63) is 35.9 Å². The van der Waals surface area contributed by atoms with Crippen LogP contribution in [0.2, 0.25) is 0 Å². The molecule has 1 unspecified atom stereocenters. The Morgan fingerprint density at radius 1 is 1.21 bits per heavy atom. The molecule has 1 aromatic carbocycles. The first-order chi connectivity index (χ1) is 9.12. The summed E-state index contributed by atoms with van der Waals surface area (Å²) in [6.07, 6.45) is 3.88. The zero-order valence-corrected chi connectivity index (χ0v) is 12.1. The minimum Gasteiger partial charge on any atom is -0.467 e. The predicted molar refractivity (Wildman–Crippen MR) is 75.8 cm³/mol. The van der Waals surface area contributed by atoms with E-state index in [-0.39, 0.29) is 5.97 Å². The molecule has 0 N–H and O–H groups in total. The first-order valence-electron chi connectivity index (χ1n) is 6.88. The SMILES string of the molecule is CCCCCC(C)(OCc1ccccc1)C(=O)OC. The molecule has 0 bridgehead atoms. The highest BCUT2D eigenvalue weighted by molar-refractivity contribution is 5.78. The van der Waals surface area contributed by atoms with E-state index in [4.69, 9.17) is 9.47 Å². The molecule has 19 heavy (non-hydrogen) atoms. The van der Waals surface area contributed by atoms with Crippen LogP contribution in [0.5, 0.6) is 0 Å². The van der Waals surface area contributed by atoms with Gasteiger partial charge in [-0.05, 0) is 25.3 Å². The second-order valence-electron chi connectivity index (χ2n) is 4.95. The van der Waals surface area contributed by atoms with Crippen LogP contribution in [-0.2, 0) is 20.9 Å². The Kier molecular flexibility index (Phi) is 6.57. The molecule has 0 spiro atoms. The van der Waals surface area contributed by atoms with Crippen LogP contribution in [0.15, 0.2) is 30.3 Å². The van der Waals surface area contributed by atoms with Gasteiger partial charge >= 0.3 is 5.97 Å². The summed E-state index contributed by atoms with van der Waals surface area (Å²) in [7, 11) is 1.41. The maximum absolute atomic E-state index is 11.9. The van der Waals surface area contributed by atoms with Crippen LogP contribution in [0.25, 0.3) is 0 Å². The molecule has 0 aliphatic rings. The van der Waals surface area contributed by atoms with Gasteiger partial charge in [-0.15, -0.1) is 0 Å². The molecule has 1 aromatic rings. The minimum absolute atomic E-state index is 0.292. The average molecular weight is 264 g/mol. The highest BCUT2D eigenvalue weighted by atomic mass is 16.6. The smallest absolute Gasteiger partial charge is 0.337 e. The average Bonchev–Trinajstić information content (AvgIpc) is 2.45. The van der Waals surface area contributed by atoms with Crippen LogP contribution >= 0.6 is 0 Å². The van der Waals surface area contributed by atoms with E-state index in [0.717, 1.165) is 24.8 Å². The van der Waals surface area contributed by atoms with E-state index in [1.165, 1.54) is 7.11 Å². The summed E-state index contributed by atoms with van der Waals surface area (Å²) in [6.45, 7) is 4.39. The molecule has 0 heterocycles. The van der Waals surface area contributed by atoms with E-state index in [1.807, 2.05) is 37.3 Å². The van der Waals surface area contributed by atoms with Gasteiger partial charge in [0.2, 0.25) is 0 Å². The highest BCUT2D eigenvalue weighted by Crippen LogP contribution is 2.23. The molecule has 0 aliphatic carbocycles. The lowest BCUT2D eigenvalue weighted by atomic mass is 9.98. The van der Waals surface area contributed by atoms with Crippen LogP contribution < -0.4 is 0 Å². The molecule has 1 rings (SSSR count). The number of rotatable bonds is 8. The summed E-state index contributed by atoms with van der Waals surface area (Å²) >= 11 is 0. The first-order valence-corrected chi connectivity index (χ1v) is 6.88. The van der Waals surface area contributed by atoms with E-state index < -0.39 is 5.60 Å². The lowest BCUT2D eigenvalue weighted by Crippen LogP contribution is -2.39. The molecule has 0 radical (unpaired) electrons. The Bertz CT molecular complexity index is 375. The largest absolute Gasteiger partial charge is 0.467 e. The first kappa shape index (κ1) is 15.7. The van der Waals surface area contributed by atoms with Crippen molar-refractivity contribution in [3.8, 4) is 0 Å². The van der Waals surface area contributed by atoms with Gasteiger partial charge in [-0.2, -0.15) is 0 Å². The molecule has 0 aliphatic heterocycles. The van der Waals surface area contributed by atoms with Crippen molar-refractivity contribution < 1.29 is 14.3 Å². The van der Waals surface area contributed by atoms with Gasteiger partial charge in [0.1, 0.15) is 0 Å². The topological polar surface area (TPSA) is 35.5 Å². The fourth-order valence-electron chi connectivity index (χ4n) is 1.98. The molecule has 0 saturated carbocycles. The van der Waals surface area contributed by atoms with Crippen molar-refractivity contribution >= 4 is 5.97 Å². The Hall–Kier alpha value is -1.35. The molecule has 0 amide bonds. The van der Waals surface area contributed by atoms with Crippen LogP contribution in [0, 0.1) is 0 Å². The molecule has 3 heteroatoms. The molecule has 0 saturated heterocycles. The number of carbonyl (C=O) groups is 1. The Morgan fingerprint density at radius 3 is 2.47 bits per heavy atom. The summed E-state index contributed by atoms with van der Waals surface area (Å²) in [6, 6.07) is 9.87. The van der Waals surface area contributed by atoms with E-state index in [0.29, 0.717) is 13.0 Å². The Morgan fingerprint density at radius 2 is 1.89 bits per heavy atom. The van der Waals surface area contributed by atoms with Crippen molar-refractivity contribution in [1.29, 1.82) is 0 Å². The van der Waals surface area contributed by atoms with E-state index in [1.54, 1.807) is 0 Å². The van der Waals surface area contributed by atoms with Gasteiger partial charge in [0.25, 0.3) is 0 Å². The minimum atomic E-state index is -0.847. The Labute approximate surface area is 115 Å². The second kappa shape index (κ2) is 7.95. The van der Waals surface area contributed by atoms with Gasteiger partial charge in [0, 0.05) is 0 Å². The lowest BCUT2D eigenvalue weighted by molar-refractivity contribution is -0.170. The number of hydrogen-bond donors (Lipinski definition) is 0. The molecule has 106 valence electrons.